The summed E-state index contributed by atoms with van der Waals surface area (Å²) in [5.74, 6) is -0.453. The molecule has 0 unspecified atom stereocenters. The van der Waals surface area contributed by atoms with Gasteiger partial charge in [-0.3, -0.25) is 4.79 Å². The molecule has 0 aliphatic heterocycles. The number of pyridine rings is 1. The third-order valence-corrected chi connectivity index (χ3v) is 2.36. The van der Waals surface area contributed by atoms with E-state index in [2.05, 4.69) is 10.3 Å². The van der Waals surface area contributed by atoms with E-state index >= 15 is 0 Å². The van der Waals surface area contributed by atoms with Crippen molar-refractivity contribution < 1.29 is 9.90 Å². The highest BCUT2D eigenvalue weighted by Gasteiger charge is 2.16. The van der Waals surface area contributed by atoms with Crippen LogP contribution in [0.4, 0.5) is 5.69 Å². The van der Waals surface area contributed by atoms with Gasteiger partial charge in [0.15, 0.2) is 5.15 Å². The highest BCUT2D eigenvalue weighted by Crippen LogP contribution is 2.23. The topological polar surface area (TPSA) is 88.2 Å². The minimum absolute atomic E-state index is 0.0192. The number of nitrogens with one attached hydrogen (secondary N) is 1. The van der Waals surface area contributed by atoms with E-state index in [-0.39, 0.29) is 34.2 Å². The number of amides is 1. The Hall–Kier alpha value is -1.04. The monoisotopic (exact) mass is 263 g/mol. The fraction of sp³-hybridized carbons (Fsp3) is 0.333. The van der Waals surface area contributed by atoms with Crippen LogP contribution in [0.3, 0.4) is 0 Å². The molecule has 0 aliphatic rings. The van der Waals surface area contributed by atoms with Gasteiger partial charge in [-0.25, -0.2) is 4.98 Å². The lowest BCUT2D eigenvalue weighted by Gasteiger charge is -2.12. The SMILES string of the molecule is C[C@@H](CO)NC(=O)c1cc(Cl)nc(Cl)c1N. The highest BCUT2D eigenvalue weighted by atomic mass is 35.5. The molecule has 0 radical (unpaired) electrons. The lowest BCUT2D eigenvalue weighted by atomic mass is 10.2. The Morgan fingerprint density at radius 3 is 2.88 bits per heavy atom. The van der Waals surface area contributed by atoms with Gasteiger partial charge < -0.3 is 16.2 Å². The smallest absolute Gasteiger partial charge is 0.253 e. The lowest BCUT2D eigenvalue weighted by molar-refractivity contribution is 0.0923. The fourth-order valence-electron chi connectivity index (χ4n) is 1.03. The van der Waals surface area contributed by atoms with Gasteiger partial charge in [-0.05, 0) is 13.0 Å². The summed E-state index contributed by atoms with van der Waals surface area (Å²) in [7, 11) is 0. The van der Waals surface area contributed by atoms with Gasteiger partial charge in [0.25, 0.3) is 5.91 Å². The van der Waals surface area contributed by atoms with Crippen molar-refractivity contribution in [2.24, 2.45) is 0 Å². The molecular formula is C9H11Cl2N3O2. The van der Waals surface area contributed by atoms with Crippen molar-refractivity contribution in [3.8, 4) is 0 Å². The molecule has 88 valence electrons. The second kappa shape index (κ2) is 5.34. The van der Waals surface area contributed by atoms with Gasteiger partial charge in [-0.1, -0.05) is 23.2 Å². The molecule has 1 atom stereocenters. The maximum atomic E-state index is 11.7. The van der Waals surface area contributed by atoms with Gasteiger partial charge >= 0.3 is 0 Å². The normalized spacial score (nSPS) is 12.2. The second-order valence-electron chi connectivity index (χ2n) is 3.25. The van der Waals surface area contributed by atoms with Crippen LogP contribution >= 0.6 is 23.2 Å². The number of carbonyl (C=O) groups is 1. The Kier molecular flexibility index (Phi) is 4.35. The predicted molar refractivity (Wildman–Crippen MR) is 62.7 cm³/mol. The minimum atomic E-state index is -0.453. The Morgan fingerprint density at radius 2 is 2.31 bits per heavy atom. The molecular weight excluding hydrogens is 253 g/mol. The number of nitrogens with zero attached hydrogens (tertiary/aromatic N) is 1. The third kappa shape index (κ3) is 2.98. The molecule has 4 N–H and O–H groups in total. The van der Waals surface area contributed by atoms with Crippen molar-refractivity contribution in [3.63, 3.8) is 0 Å². The number of halogens is 2. The Labute approximate surface area is 103 Å². The lowest BCUT2D eigenvalue weighted by Crippen LogP contribution is -2.35. The molecule has 0 fully saturated rings. The average molecular weight is 264 g/mol. The van der Waals surface area contributed by atoms with Gasteiger partial charge in [0.2, 0.25) is 0 Å². The van der Waals surface area contributed by atoms with Gasteiger partial charge in [0.05, 0.1) is 17.9 Å². The van der Waals surface area contributed by atoms with Crippen LogP contribution in [0, 0.1) is 0 Å². The highest BCUT2D eigenvalue weighted by molar-refractivity contribution is 6.35. The zero-order chi connectivity index (χ0) is 12.3. The van der Waals surface area contributed by atoms with Crippen LogP contribution in [0.15, 0.2) is 6.07 Å². The quantitative estimate of drug-likeness (QED) is 0.713. The number of rotatable bonds is 3. The van der Waals surface area contributed by atoms with Crippen LogP contribution in [0.5, 0.6) is 0 Å². The minimum Gasteiger partial charge on any atom is -0.396 e. The van der Waals surface area contributed by atoms with E-state index in [1.807, 2.05) is 0 Å². The summed E-state index contributed by atoms with van der Waals surface area (Å²) in [6, 6.07) is 0.944. The molecule has 0 aromatic carbocycles. The van der Waals surface area contributed by atoms with E-state index < -0.39 is 5.91 Å². The van der Waals surface area contributed by atoms with E-state index in [4.69, 9.17) is 34.0 Å². The molecule has 1 heterocycles. The summed E-state index contributed by atoms with van der Waals surface area (Å²) in [6.07, 6.45) is 0. The number of carbonyl (C=O) groups excluding carboxylic acids is 1. The van der Waals surface area contributed by atoms with Crippen molar-refractivity contribution in [2.45, 2.75) is 13.0 Å². The number of nitrogen functional groups attached to an aromatic ring is 1. The molecule has 1 aromatic rings. The molecule has 0 bridgehead atoms. The van der Waals surface area contributed by atoms with Gasteiger partial charge in [0, 0.05) is 6.04 Å². The van der Waals surface area contributed by atoms with Crippen molar-refractivity contribution in [1.82, 2.24) is 10.3 Å². The number of aliphatic hydroxyl groups excluding tert-OH is 1. The Bertz CT molecular complexity index is 412. The molecule has 0 saturated carbocycles. The summed E-state index contributed by atoms with van der Waals surface area (Å²) >= 11 is 11.3. The van der Waals surface area contributed by atoms with Crippen LogP contribution in [0.2, 0.25) is 10.3 Å². The summed E-state index contributed by atoms with van der Waals surface area (Å²) < 4.78 is 0. The second-order valence-corrected chi connectivity index (χ2v) is 4.00. The molecule has 0 saturated heterocycles. The zero-order valence-electron chi connectivity index (χ0n) is 8.50. The first kappa shape index (κ1) is 13.0. The van der Waals surface area contributed by atoms with Crippen LogP contribution < -0.4 is 11.1 Å². The van der Waals surface area contributed by atoms with Crippen molar-refractivity contribution >= 4 is 34.8 Å². The van der Waals surface area contributed by atoms with E-state index in [0.29, 0.717) is 0 Å². The number of aliphatic hydroxyl groups is 1. The van der Waals surface area contributed by atoms with Crippen molar-refractivity contribution in [1.29, 1.82) is 0 Å². The van der Waals surface area contributed by atoms with Crippen LogP contribution in [0.1, 0.15) is 17.3 Å². The van der Waals surface area contributed by atoms with E-state index in [1.54, 1.807) is 6.92 Å². The summed E-state index contributed by atoms with van der Waals surface area (Å²) in [4.78, 5) is 15.4. The average Bonchev–Trinajstić information content (AvgIpc) is 2.22. The molecule has 5 nitrogen and oxygen atoms in total. The maximum Gasteiger partial charge on any atom is 0.253 e. The fourth-order valence-corrected chi connectivity index (χ4v) is 1.46. The molecule has 7 heteroatoms. The molecule has 1 amide bonds. The molecule has 1 rings (SSSR count). The zero-order valence-corrected chi connectivity index (χ0v) is 10.0. The molecule has 0 aliphatic carbocycles. The summed E-state index contributed by atoms with van der Waals surface area (Å²) in [5, 5.41) is 11.4. The van der Waals surface area contributed by atoms with Crippen LogP contribution in [0.25, 0.3) is 0 Å². The molecule has 1 aromatic heterocycles. The Balaban J connectivity index is 2.99. The molecule has 16 heavy (non-hydrogen) atoms. The van der Waals surface area contributed by atoms with E-state index in [0.717, 1.165) is 0 Å². The number of anilines is 1. The van der Waals surface area contributed by atoms with Crippen LogP contribution in [-0.4, -0.2) is 28.6 Å². The van der Waals surface area contributed by atoms with Gasteiger partial charge in [-0.15, -0.1) is 0 Å². The third-order valence-electron chi connectivity index (χ3n) is 1.88. The van der Waals surface area contributed by atoms with Crippen molar-refractivity contribution in [3.05, 3.63) is 21.9 Å². The van der Waals surface area contributed by atoms with Crippen LogP contribution in [-0.2, 0) is 0 Å². The predicted octanol–water partition coefficient (Wildman–Crippen LogP) is 1.08. The standard InChI is InChI=1S/C9H11Cl2N3O2/c1-4(3-15)13-9(16)5-2-6(10)14-8(11)7(5)12/h2,4,15H,3,12H2,1H3,(H,13,16)/t4-/m0/s1. The number of aromatic nitrogens is 1. The number of hydrogen-bond donors (Lipinski definition) is 3. The maximum absolute atomic E-state index is 11.7. The number of hydrogen-bond acceptors (Lipinski definition) is 4. The first-order valence-corrected chi connectivity index (χ1v) is 5.24. The number of nitrogens with two attached hydrogens (primary N) is 1. The first-order chi connectivity index (χ1) is 7.45. The van der Waals surface area contributed by atoms with E-state index in [9.17, 15) is 4.79 Å². The summed E-state index contributed by atoms with van der Waals surface area (Å²) in [6.45, 7) is 1.48. The summed E-state index contributed by atoms with van der Waals surface area (Å²) in [5.41, 5.74) is 5.80. The molecule has 0 spiro atoms. The van der Waals surface area contributed by atoms with Crippen molar-refractivity contribution in [2.75, 3.05) is 12.3 Å². The van der Waals surface area contributed by atoms with E-state index in [1.165, 1.54) is 6.07 Å². The first-order valence-electron chi connectivity index (χ1n) is 4.49. The largest absolute Gasteiger partial charge is 0.396 e. The Morgan fingerprint density at radius 1 is 1.69 bits per heavy atom. The van der Waals surface area contributed by atoms with Gasteiger partial charge in [-0.2, -0.15) is 0 Å². The van der Waals surface area contributed by atoms with Gasteiger partial charge in [0.1, 0.15) is 5.15 Å².